The molecule has 1 aliphatic heterocycles. The van der Waals surface area contributed by atoms with Gasteiger partial charge in [-0.3, -0.25) is 14.5 Å². The smallest absolute Gasteiger partial charge is 0.238 e. The van der Waals surface area contributed by atoms with Crippen LogP contribution in [0.1, 0.15) is 37.7 Å². The van der Waals surface area contributed by atoms with Gasteiger partial charge in [0.15, 0.2) is 0 Å². The van der Waals surface area contributed by atoms with E-state index in [1.54, 1.807) is 4.90 Å². The highest BCUT2D eigenvalue weighted by atomic mass is 16.2. The van der Waals surface area contributed by atoms with E-state index in [4.69, 9.17) is 0 Å². The SMILES string of the molecule is Cc1ccc(NC(=O)CN(C)CC(=O)N2CC[C@@H]3CCCC[C@@H]3C2)cc1. The van der Waals surface area contributed by atoms with Gasteiger partial charge in [0.1, 0.15) is 0 Å². The van der Waals surface area contributed by atoms with Crippen LogP contribution in [-0.2, 0) is 9.59 Å². The van der Waals surface area contributed by atoms with Crippen molar-refractivity contribution in [3.8, 4) is 0 Å². The average molecular weight is 357 g/mol. The quantitative estimate of drug-likeness (QED) is 0.882. The Morgan fingerprint density at radius 2 is 1.77 bits per heavy atom. The van der Waals surface area contributed by atoms with Gasteiger partial charge in [-0.1, -0.05) is 37.0 Å². The van der Waals surface area contributed by atoms with E-state index in [0.717, 1.165) is 36.7 Å². The Balaban J connectivity index is 1.43. The van der Waals surface area contributed by atoms with E-state index >= 15 is 0 Å². The van der Waals surface area contributed by atoms with Crippen LogP contribution in [0.2, 0.25) is 0 Å². The predicted molar refractivity (Wildman–Crippen MR) is 104 cm³/mol. The molecule has 0 aromatic heterocycles. The molecule has 0 radical (unpaired) electrons. The second kappa shape index (κ2) is 8.67. The molecular formula is C21H31N3O2. The first-order chi connectivity index (χ1) is 12.5. The van der Waals surface area contributed by atoms with Crippen LogP contribution in [-0.4, -0.2) is 54.8 Å². The summed E-state index contributed by atoms with van der Waals surface area (Å²) in [6.07, 6.45) is 6.42. The van der Waals surface area contributed by atoms with E-state index in [0.29, 0.717) is 12.5 Å². The minimum atomic E-state index is -0.0878. The summed E-state index contributed by atoms with van der Waals surface area (Å²) >= 11 is 0. The number of likely N-dealkylation sites (N-methyl/N-ethyl adjacent to an activating group) is 1. The molecule has 0 unspecified atom stereocenters. The molecule has 5 nitrogen and oxygen atoms in total. The third-order valence-electron chi connectivity index (χ3n) is 5.80. The first-order valence-electron chi connectivity index (χ1n) is 9.84. The molecule has 2 atom stereocenters. The molecule has 1 saturated heterocycles. The predicted octanol–water partition coefficient (Wildman–Crippen LogP) is 2.90. The van der Waals surface area contributed by atoms with Gasteiger partial charge in [0.05, 0.1) is 13.1 Å². The van der Waals surface area contributed by atoms with Gasteiger partial charge in [-0.25, -0.2) is 0 Å². The molecule has 1 N–H and O–H groups in total. The van der Waals surface area contributed by atoms with Gasteiger partial charge in [0, 0.05) is 18.8 Å². The van der Waals surface area contributed by atoms with Crippen LogP contribution in [0.25, 0.3) is 0 Å². The number of aryl methyl sites for hydroxylation is 1. The fourth-order valence-corrected chi connectivity index (χ4v) is 4.30. The first kappa shape index (κ1) is 18.9. The number of benzene rings is 1. The van der Waals surface area contributed by atoms with E-state index in [9.17, 15) is 9.59 Å². The number of hydrogen-bond acceptors (Lipinski definition) is 3. The Labute approximate surface area is 156 Å². The van der Waals surface area contributed by atoms with Crippen molar-refractivity contribution in [2.24, 2.45) is 11.8 Å². The number of nitrogens with zero attached hydrogens (tertiary/aromatic N) is 2. The number of carbonyl (C=O) groups is 2. The lowest BCUT2D eigenvalue weighted by Gasteiger charge is -2.41. The molecular weight excluding hydrogens is 326 g/mol. The monoisotopic (exact) mass is 357 g/mol. The van der Waals surface area contributed by atoms with Gasteiger partial charge in [-0.05, 0) is 50.8 Å². The molecule has 1 aromatic rings. The van der Waals surface area contributed by atoms with Gasteiger partial charge >= 0.3 is 0 Å². The van der Waals surface area contributed by atoms with Crippen LogP contribution in [0.15, 0.2) is 24.3 Å². The number of carbonyl (C=O) groups excluding carboxylic acids is 2. The number of hydrogen-bond donors (Lipinski definition) is 1. The van der Waals surface area contributed by atoms with E-state index in [-0.39, 0.29) is 18.4 Å². The summed E-state index contributed by atoms with van der Waals surface area (Å²) in [5, 5.41) is 2.88. The lowest BCUT2D eigenvalue weighted by molar-refractivity contribution is -0.135. The molecule has 2 amide bonds. The maximum Gasteiger partial charge on any atom is 0.238 e. The van der Waals surface area contributed by atoms with Gasteiger partial charge in [-0.15, -0.1) is 0 Å². The normalized spacial score (nSPS) is 22.8. The Bertz CT molecular complexity index is 629. The molecule has 1 aromatic carbocycles. The number of nitrogens with one attached hydrogen (secondary N) is 1. The lowest BCUT2D eigenvalue weighted by Crippen LogP contribution is -2.48. The highest BCUT2D eigenvalue weighted by Crippen LogP contribution is 2.36. The number of rotatable bonds is 5. The lowest BCUT2D eigenvalue weighted by atomic mass is 9.75. The molecule has 2 fully saturated rings. The van der Waals surface area contributed by atoms with Gasteiger partial charge in [-0.2, -0.15) is 0 Å². The van der Waals surface area contributed by atoms with E-state index < -0.39 is 0 Å². The summed E-state index contributed by atoms with van der Waals surface area (Å²) in [5.74, 6) is 1.58. The molecule has 2 aliphatic rings. The average Bonchev–Trinajstić information content (AvgIpc) is 2.63. The minimum Gasteiger partial charge on any atom is -0.341 e. The van der Waals surface area contributed by atoms with Gasteiger partial charge in [0.25, 0.3) is 0 Å². The van der Waals surface area contributed by atoms with Crippen molar-refractivity contribution >= 4 is 17.5 Å². The molecule has 142 valence electrons. The molecule has 5 heteroatoms. The second-order valence-corrected chi connectivity index (χ2v) is 8.02. The molecule has 1 saturated carbocycles. The Kier molecular flexibility index (Phi) is 6.30. The number of amides is 2. The summed E-state index contributed by atoms with van der Waals surface area (Å²) in [6.45, 7) is 4.33. The molecule has 0 bridgehead atoms. The molecule has 1 heterocycles. The van der Waals surface area contributed by atoms with Crippen molar-refractivity contribution in [2.45, 2.75) is 39.0 Å². The maximum atomic E-state index is 12.6. The zero-order valence-corrected chi connectivity index (χ0v) is 16.0. The van der Waals surface area contributed by atoms with Crippen LogP contribution >= 0.6 is 0 Å². The number of likely N-dealkylation sites (tertiary alicyclic amines) is 1. The van der Waals surface area contributed by atoms with Crippen LogP contribution in [0, 0.1) is 18.8 Å². The van der Waals surface area contributed by atoms with Crippen LogP contribution in [0.4, 0.5) is 5.69 Å². The highest BCUT2D eigenvalue weighted by molar-refractivity contribution is 5.92. The Hall–Kier alpha value is -1.88. The Morgan fingerprint density at radius 3 is 2.50 bits per heavy atom. The van der Waals surface area contributed by atoms with Crippen molar-refractivity contribution in [1.82, 2.24) is 9.80 Å². The van der Waals surface area contributed by atoms with Crippen LogP contribution in [0.3, 0.4) is 0 Å². The van der Waals surface area contributed by atoms with E-state index in [1.165, 1.54) is 25.7 Å². The largest absolute Gasteiger partial charge is 0.341 e. The molecule has 0 spiro atoms. The summed E-state index contributed by atoms with van der Waals surface area (Å²) in [6, 6.07) is 7.73. The summed E-state index contributed by atoms with van der Waals surface area (Å²) in [4.78, 5) is 28.6. The first-order valence-corrected chi connectivity index (χ1v) is 9.84. The topological polar surface area (TPSA) is 52.7 Å². The van der Waals surface area contributed by atoms with Gasteiger partial charge < -0.3 is 10.2 Å². The summed E-state index contributed by atoms with van der Waals surface area (Å²) in [7, 11) is 1.83. The van der Waals surface area contributed by atoms with Crippen molar-refractivity contribution in [3.63, 3.8) is 0 Å². The fourth-order valence-electron chi connectivity index (χ4n) is 4.30. The zero-order chi connectivity index (χ0) is 18.5. The number of piperidine rings is 1. The number of anilines is 1. The van der Waals surface area contributed by atoms with Crippen molar-refractivity contribution in [3.05, 3.63) is 29.8 Å². The molecule has 26 heavy (non-hydrogen) atoms. The fraction of sp³-hybridized carbons (Fsp3) is 0.619. The summed E-state index contributed by atoms with van der Waals surface area (Å²) < 4.78 is 0. The van der Waals surface area contributed by atoms with Gasteiger partial charge in [0.2, 0.25) is 11.8 Å². The van der Waals surface area contributed by atoms with Crippen molar-refractivity contribution < 1.29 is 9.59 Å². The minimum absolute atomic E-state index is 0.0878. The van der Waals surface area contributed by atoms with Crippen LogP contribution in [0.5, 0.6) is 0 Å². The van der Waals surface area contributed by atoms with E-state index in [1.807, 2.05) is 43.1 Å². The molecule has 3 rings (SSSR count). The molecule has 1 aliphatic carbocycles. The third kappa shape index (κ3) is 5.07. The Morgan fingerprint density at radius 1 is 1.08 bits per heavy atom. The van der Waals surface area contributed by atoms with E-state index in [2.05, 4.69) is 5.32 Å². The number of fused-ring (bicyclic) bond motifs is 1. The third-order valence-corrected chi connectivity index (χ3v) is 5.80. The summed E-state index contributed by atoms with van der Waals surface area (Å²) in [5.41, 5.74) is 1.95. The highest BCUT2D eigenvalue weighted by Gasteiger charge is 2.33. The maximum absolute atomic E-state index is 12.6. The van der Waals surface area contributed by atoms with Crippen molar-refractivity contribution in [2.75, 3.05) is 38.5 Å². The van der Waals surface area contributed by atoms with Crippen molar-refractivity contribution in [1.29, 1.82) is 0 Å². The standard InChI is InChI=1S/C21H31N3O2/c1-16-7-9-19(10-8-16)22-20(25)14-23(2)15-21(26)24-12-11-17-5-3-4-6-18(17)13-24/h7-10,17-18H,3-6,11-15H2,1-2H3,(H,22,25)/t17-,18+/m0/s1. The second-order valence-electron chi connectivity index (χ2n) is 8.02. The zero-order valence-electron chi connectivity index (χ0n) is 16.0. The van der Waals surface area contributed by atoms with Crippen LogP contribution < -0.4 is 5.32 Å².